The highest BCUT2D eigenvalue weighted by Gasteiger charge is 2.37. The molecule has 0 radical (unpaired) electrons. The Morgan fingerprint density at radius 1 is 1.24 bits per heavy atom. The van der Waals surface area contributed by atoms with Gasteiger partial charge in [0.25, 0.3) is 5.56 Å². The number of H-pyrrole nitrogens is 1. The predicted octanol–water partition coefficient (Wildman–Crippen LogP) is 4.69. The fraction of sp³-hybridized carbons (Fsp3) is 0.240. The molecule has 7 nitrogen and oxygen atoms in total. The third kappa shape index (κ3) is 4.84. The van der Waals surface area contributed by atoms with Gasteiger partial charge in [-0.3, -0.25) is 4.79 Å². The molecule has 3 N–H and O–H groups in total. The molecule has 1 unspecified atom stereocenters. The fourth-order valence-corrected chi connectivity index (χ4v) is 4.69. The van der Waals surface area contributed by atoms with Gasteiger partial charge in [-0.25, -0.2) is 14.2 Å². The summed E-state index contributed by atoms with van der Waals surface area (Å²) in [7, 11) is 0. The Morgan fingerprint density at radius 2 is 2.00 bits per heavy atom. The van der Waals surface area contributed by atoms with Crippen LogP contribution in [0.1, 0.15) is 43.4 Å². The van der Waals surface area contributed by atoms with Crippen molar-refractivity contribution in [2.75, 3.05) is 5.32 Å². The SMILES string of the molecule is CC1=C(C(=O)OC(C)C)C(c2cccc(O)c2)c2c(nc(SCc3ccccc3F)[nH]c2=O)N1. The number of rotatable bonds is 6. The number of aromatic nitrogens is 2. The molecule has 0 saturated carbocycles. The van der Waals surface area contributed by atoms with Crippen LogP contribution in [0.2, 0.25) is 0 Å². The number of carbonyl (C=O) groups is 1. The highest BCUT2D eigenvalue weighted by molar-refractivity contribution is 7.98. The molecule has 0 bridgehead atoms. The van der Waals surface area contributed by atoms with Crippen LogP contribution in [0, 0.1) is 5.82 Å². The number of halogens is 1. The van der Waals surface area contributed by atoms with Crippen molar-refractivity contribution in [3.63, 3.8) is 0 Å². The average Bonchev–Trinajstić information content (AvgIpc) is 2.77. The Balaban J connectivity index is 1.77. The number of phenolic OH excluding ortho intramolecular Hbond substituents is 1. The number of hydrogen-bond donors (Lipinski definition) is 3. The monoisotopic (exact) mass is 481 g/mol. The largest absolute Gasteiger partial charge is 0.508 e. The molecule has 1 atom stereocenters. The number of nitrogens with one attached hydrogen (secondary N) is 2. The molecule has 34 heavy (non-hydrogen) atoms. The van der Waals surface area contributed by atoms with Gasteiger partial charge in [0, 0.05) is 11.4 Å². The highest BCUT2D eigenvalue weighted by Crippen LogP contribution is 2.41. The standard InChI is InChI=1S/C25H24FN3O4S/c1-13(2)33-24(32)19-14(3)27-22-21(20(19)15-8-6-9-17(30)11-15)23(31)29-25(28-22)34-12-16-7-4-5-10-18(16)26/h4-11,13,20,30H,12H2,1-3H3,(H2,27,28,29,31). The third-order valence-electron chi connectivity index (χ3n) is 5.31. The Labute approximate surface area is 200 Å². The number of allylic oxidation sites excluding steroid dienone is 1. The summed E-state index contributed by atoms with van der Waals surface area (Å²) in [6.45, 7) is 5.20. The van der Waals surface area contributed by atoms with Gasteiger partial charge in [-0.05, 0) is 50.1 Å². The van der Waals surface area contributed by atoms with E-state index in [1.165, 1.54) is 30.0 Å². The van der Waals surface area contributed by atoms with Crippen molar-refractivity contribution < 1.29 is 19.0 Å². The Kier molecular flexibility index (Phi) is 6.74. The molecule has 0 fully saturated rings. The maximum atomic E-state index is 14.0. The number of ether oxygens (including phenoxy) is 1. The number of nitrogens with zero attached hydrogens (tertiary/aromatic N) is 1. The van der Waals surface area contributed by atoms with Crippen molar-refractivity contribution in [1.29, 1.82) is 0 Å². The lowest BCUT2D eigenvalue weighted by molar-refractivity contribution is -0.143. The van der Waals surface area contributed by atoms with Crippen LogP contribution in [0.4, 0.5) is 10.2 Å². The second-order valence-corrected chi connectivity index (χ2v) is 9.12. The minimum atomic E-state index is -0.795. The minimum Gasteiger partial charge on any atom is -0.508 e. The van der Waals surface area contributed by atoms with E-state index < -0.39 is 17.4 Å². The molecule has 1 aliphatic rings. The number of benzene rings is 2. The summed E-state index contributed by atoms with van der Waals surface area (Å²) in [6, 6.07) is 12.8. The van der Waals surface area contributed by atoms with Gasteiger partial charge in [0.1, 0.15) is 17.4 Å². The summed E-state index contributed by atoms with van der Waals surface area (Å²) >= 11 is 1.20. The first-order chi connectivity index (χ1) is 16.2. The second kappa shape index (κ2) is 9.72. The molecule has 176 valence electrons. The van der Waals surface area contributed by atoms with Crippen molar-refractivity contribution >= 4 is 23.5 Å². The molecule has 3 aromatic rings. The summed E-state index contributed by atoms with van der Waals surface area (Å²) in [5.74, 6) is -1.09. The van der Waals surface area contributed by atoms with Crippen LogP contribution in [0.25, 0.3) is 0 Å². The molecule has 2 heterocycles. The van der Waals surface area contributed by atoms with E-state index in [9.17, 15) is 19.1 Å². The van der Waals surface area contributed by atoms with E-state index in [2.05, 4.69) is 15.3 Å². The maximum Gasteiger partial charge on any atom is 0.337 e. The molecule has 0 amide bonds. The molecule has 1 aromatic heterocycles. The van der Waals surface area contributed by atoms with Crippen LogP contribution >= 0.6 is 11.8 Å². The fourth-order valence-electron chi connectivity index (χ4n) is 3.85. The molecule has 4 rings (SSSR count). The van der Waals surface area contributed by atoms with E-state index in [-0.39, 0.29) is 34.6 Å². The van der Waals surface area contributed by atoms with Gasteiger partial charge in [0.05, 0.1) is 23.2 Å². The number of phenols is 1. The van der Waals surface area contributed by atoms with E-state index in [1.807, 2.05) is 0 Å². The number of thioether (sulfide) groups is 1. The molecule has 9 heteroatoms. The zero-order valence-electron chi connectivity index (χ0n) is 18.9. The van der Waals surface area contributed by atoms with Crippen LogP contribution in [0.15, 0.2) is 69.8 Å². The van der Waals surface area contributed by atoms with Gasteiger partial charge in [-0.1, -0.05) is 42.1 Å². The van der Waals surface area contributed by atoms with Crippen molar-refractivity contribution in [2.24, 2.45) is 0 Å². The highest BCUT2D eigenvalue weighted by atomic mass is 32.2. The van der Waals surface area contributed by atoms with Crippen LogP contribution in [0.3, 0.4) is 0 Å². The summed E-state index contributed by atoms with van der Waals surface area (Å²) in [4.78, 5) is 33.6. The van der Waals surface area contributed by atoms with Crippen molar-refractivity contribution in [2.45, 2.75) is 43.7 Å². The lowest BCUT2D eigenvalue weighted by Gasteiger charge is -2.29. The average molecular weight is 482 g/mol. The first kappa shape index (κ1) is 23.6. The molecule has 0 saturated heterocycles. The van der Waals surface area contributed by atoms with Gasteiger partial charge in [-0.15, -0.1) is 0 Å². The van der Waals surface area contributed by atoms with Gasteiger partial charge >= 0.3 is 5.97 Å². The van der Waals surface area contributed by atoms with Gasteiger partial charge in [0.15, 0.2) is 5.16 Å². The van der Waals surface area contributed by atoms with Gasteiger partial charge < -0.3 is 20.1 Å². The van der Waals surface area contributed by atoms with E-state index in [0.29, 0.717) is 27.8 Å². The van der Waals surface area contributed by atoms with Crippen LogP contribution < -0.4 is 10.9 Å². The first-order valence-corrected chi connectivity index (χ1v) is 11.7. The van der Waals surface area contributed by atoms with Crippen molar-refractivity contribution in [3.8, 4) is 5.75 Å². The summed E-state index contributed by atoms with van der Waals surface area (Å²) in [5.41, 5.74) is 1.61. The molecular weight excluding hydrogens is 457 g/mol. The molecule has 1 aliphatic heterocycles. The molecule has 2 aromatic carbocycles. The number of anilines is 1. The summed E-state index contributed by atoms with van der Waals surface area (Å²) in [5, 5.41) is 13.4. The predicted molar refractivity (Wildman–Crippen MR) is 128 cm³/mol. The van der Waals surface area contributed by atoms with E-state index in [0.717, 1.165) is 0 Å². The second-order valence-electron chi connectivity index (χ2n) is 8.16. The minimum absolute atomic E-state index is 0.00765. The molecule has 0 aliphatic carbocycles. The third-order valence-corrected chi connectivity index (χ3v) is 6.23. The Bertz CT molecular complexity index is 1340. The van der Waals surface area contributed by atoms with Crippen LogP contribution in [-0.4, -0.2) is 27.1 Å². The number of aromatic hydroxyl groups is 1. The van der Waals surface area contributed by atoms with Crippen LogP contribution in [-0.2, 0) is 15.3 Å². The number of carbonyl (C=O) groups excluding carboxylic acids is 1. The smallest absolute Gasteiger partial charge is 0.337 e. The summed E-state index contributed by atoms with van der Waals surface area (Å²) in [6.07, 6.45) is -0.354. The normalized spacial score (nSPS) is 15.1. The zero-order valence-corrected chi connectivity index (χ0v) is 19.7. The molecule has 0 spiro atoms. The quantitative estimate of drug-likeness (QED) is 0.267. The summed E-state index contributed by atoms with van der Waals surface area (Å²) < 4.78 is 19.4. The van der Waals surface area contributed by atoms with Gasteiger partial charge in [-0.2, -0.15) is 0 Å². The van der Waals surface area contributed by atoms with Crippen molar-refractivity contribution in [1.82, 2.24) is 9.97 Å². The van der Waals surface area contributed by atoms with Crippen LogP contribution in [0.5, 0.6) is 5.75 Å². The number of hydrogen-bond acceptors (Lipinski definition) is 7. The lowest BCUT2D eigenvalue weighted by atomic mass is 9.82. The van der Waals surface area contributed by atoms with Crippen molar-refractivity contribution in [3.05, 3.63) is 92.7 Å². The van der Waals surface area contributed by atoms with E-state index in [4.69, 9.17) is 4.74 Å². The Hall–Kier alpha value is -3.59. The molecular formula is C25H24FN3O4S. The topological polar surface area (TPSA) is 104 Å². The van der Waals surface area contributed by atoms with E-state index in [1.54, 1.807) is 51.1 Å². The number of esters is 1. The van der Waals surface area contributed by atoms with Gasteiger partial charge in [0.2, 0.25) is 0 Å². The first-order valence-electron chi connectivity index (χ1n) is 10.7. The number of aromatic amines is 1. The Morgan fingerprint density at radius 3 is 2.71 bits per heavy atom. The lowest BCUT2D eigenvalue weighted by Crippen LogP contribution is -2.31. The van der Waals surface area contributed by atoms with E-state index >= 15 is 0 Å². The zero-order chi connectivity index (χ0) is 24.4. The number of fused-ring (bicyclic) bond motifs is 1. The maximum absolute atomic E-state index is 14.0.